The van der Waals surface area contributed by atoms with Crippen molar-refractivity contribution in [3.63, 3.8) is 0 Å². The molecule has 1 saturated heterocycles. The van der Waals surface area contributed by atoms with Crippen molar-refractivity contribution in [1.82, 2.24) is 5.32 Å². The van der Waals surface area contributed by atoms with E-state index in [0.29, 0.717) is 18.0 Å². The molecule has 7 heteroatoms. The number of nitrogens with zero attached hydrogens (tertiary/aromatic N) is 1. The summed E-state index contributed by atoms with van der Waals surface area (Å²) in [5.41, 5.74) is 0.759. The number of rotatable bonds is 6. The van der Waals surface area contributed by atoms with Crippen molar-refractivity contribution in [2.45, 2.75) is 18.9 Å². The van der Waals surface area contributed by atoms with Gasteiger partial charge in [0.1, 0.15) is 11.6 Å². The number of benzene rings is 1. The fraction of sp³-hybridized carbons (Fsp3) is 0.412. The minimum absolute atomic E-state index is 0.0371. The lowest BCUT2D eigenvalue weighted by Gasteiger charge is -2.11. The van der Waals surface area contributed by atoms with Crippen LogP contribution in [0.25, 0.3) is 6.08 Å². The third-order valence-corrected chi connectivity index (χ3v) is 4.62. The predicted molar refractivity (Wildman–Crippen MR) is 97.8 cm³/mol. The van der Waals surface area contributed by atoms with Gasteiger partial charge in [0.15, 0.2) is 11.5 Å². The number of hydrogen-bond acceptors (Lipinski definition) is 5. The van der Waals surface area contributed by atoms with E-state index in [4.69, 9.17) is 14.2 Å². The van der Waals surface area contributed by atoms with E-state index in [1.165, 1.54) is 7.11 Å². The van der Waals surface area contributed by atoms with Crippen LogP contribution in [0.4, 0.5) is 0 Å². The highest BCUT2D eigenvalue weighted by Gasteiger charge is 2.18. The van der Waals surface area contributed by atoms with Crippen LogP contribution >= 0.6 is 22.6 Å². The summed E-state index contributed by atoms with van der Waals surface area (Å²) in [6.07, 6.45) is 3.52. The molecule has 1 fully saturated rings. The monoisotopic (exact) mass is 442 g/mol. The van der Waals surface area contributed by atoms with Gasteiger partial charge in [-0.1, -0.05) is 0 Å². The van der Waals surface area contributed by atoms with Crippen LogP contribution in [0.1, 0.15) is 18.4 Å². The van der Waals surface area contributed by atoms with Crippen molar-refractivity contribution in [2.75, 3.05) is 27.4 Å². The summed E-state index contributed by atoms with van der Waals surface area (Å²) in [6.45, 7) is 1.15. The summed E-state index contributed by atoms with van der Waals surface area (Å²) in [4.78, 5) is 12.2. The van der Waals surface area contributed by atoms with Crippen molar-refractivity contribution < 1.29 is 19.0 Å². The largest absolute Gasteiger partial charge is 0.493 e. The van der Waals surface area contributed by atoms with Crippen LogP contribution in [0.5, 0.6) is 11.5 Å². The number of halogens is 1. The second-order valence-electron chi connectivity index (χ2n) is 5.24. The molecular weight excluding hydrogens is 423 g/mol. The first-order valence-electron chi connectivity index (χ1n) is 7.52. The highest BCUT2D eigenvalue weighted by Crippen LogP contribution is 2.32. The number of nitriles is 1. The summed E-state index contributed by atoms with van der Waals surface area (Å²) in [7, 11) is 3.10. The lowest BCUT2D eigenvalue weighted by Crippen LogP contribution is -2.32. The first-order chi connectivity index (χ1) is 11.6. The molecule has 24 heavy (non-hydrogen) atoms. The Morgan fingerprint density at radius 2 is 2.17 bits per heavy atom. The average molecular weight is 442 g/mol. The highest BCUT2D eigenvalue weighted by atomic mass is 127. The molecule has 1 aliphatic rings. The van der Waals surface area contributed by atoms with Crippen molar-refractivity contribution >= 4 is 34.6 Å². The lowest BCUT2D eigenvalue weighted by atomic mass is 10.1. The van der Waals surface area contributed by atoms with Crippen LogP contribution in [-0.2, 0) is 9.53 Å². The van der Waals surface area contributed by atoms with Gasteiger partial charge in [0.05, 0.1) is 20.3 Å². The normalized spacial score (nSPS) is 17.2. The summed E-state index contributed by atoms with van der Waals surface area (Å²) < 4.78 is 16.8. The molecule has 0 aliphatic carbocycles. The molecule has 0 bridgehead atoms. The number of amides is 1. The summed E-state index contributed by atoms with van der Waals surface area (Å²) in [6, 6.07) is 5.49. The van der Waals surface area contributed by atoms with Crippen LogP contribution in [0.15, 0.2) is 17.7 Å². The molecule has 0 aromatic heterocycles. The van der Waals surface area contributed by atoms with E-state index in [1.54, 1.807) is 25.3 Å². The Morgan fingerprint density at radius 3 is 2.75 bits per heavy atom. The van der Waals surface area contributed by atoms with Gasteiger partial charge in [-0.15, -0.1) is 0 Å². The van der Waals surface area contributed by atoms with Crippen LogP contribution in [0.2, 0.25) is 0 Å². The summed E-state index contributed by atoms with van der Waals surface area (Å²) in [5, 5.41) is 12.1. The standard InChI is InChI=1S/C17H19IN2O4/c1-22-15-7-11(14(18)8-16(15)23-2)6-12(9-19)17(21)20-10-13-4-3-5-24-13/h6-8,13H,3-5,10H2,1-2H3,(H,20,21)/b12-6+/t13-/m0/s1. The Kier molecular flexibility index (Phi) is 6.87. The maximum atomic E-state index is 12.2. The number of methoxy groups -OCH3 is 2. The first kappa shape index (κ1) is 18.5. The Morgan fingerprint density at radius 1 is 1.46 bits per heavy atom. The number of nitrogens with one attached hydrogen (secondary N) is 1. The molecular formula is C17H19IN2O4. The Bertz CT molecular complexity index is 676. The van der Waals surface area contributed by atoms with Crippen LogP contribution < -0.4 is 14.8 Å². The molecule has 1 amide bonds. The average Bonchev–Trinajstić information content (AvgIpc) is 3.11. The van der Waals surface area contributed by atoms with Gasteiger partial charge < -0.3 is 19.5 Å². The minimum atomic E-state index is -0.404. The molecule has 1 aromatic carbocycles. The van der Waals surface area contributed by atoms with E-state index in [-0.39, 0.29) is 11.7 Å². The second-order valence-corrected chi connectivity index (χ2v) is 6.41. The number of ether oxygens (including phenoxy) is 3. The van der Waals surface area contributed by atoms with Crippen LogP contribution in [0, 0.1) is 14.9 Å². The third kappa shape index (κ3) is 4.61. The fourth-order valence-electron chi connectivity index (χ4n) is 2.39. The van der Waals surface area contributed by atoms with Crippen molar-refractivity contribution in [2.24, 2.45) is 0 Å². The Balaban J connectivity index is 2.16. The molecule has 1 aliphatic heterocycles. The van der Waals surface area contributed by atoms with Gasteiger partial charge in [-0.2, -0.15) is 5.26 Å². The van der Waals surface area contributed by atoms with E-state index in [0.717, 1.165) is 28.6 Å². The maximum Gasteiger partial charge on any atom is 0.262 e. The molecule has 0 unspecified atom stereocenters. The van der Waals surface area contributed by atoms with E-state index in [2.05, 4.69) is 27.9 Å². The topological polar surface area (TPSA) is 80.6 Å². The summed E-state index contributed by atoms with van der Waals surface area (Å²) >= 11 is 2.13. The van der Waals surface area contributed by atoms with Gasteiger partial charge in [-0.25, -0.2) is 0 Å². The van der Waals surface area contributed by atoms with E-state index >= 15 is 0 Å². The zero-order valence-corrected chi connectivity index (χ0v) is 15.8. The van der Waals surface area contributed by atoms with Gasteiger partial charge in [-0.05, 0) is 59.2 Å². The van der Waals surface area contributed by atoms with Gasteiger partial charge in [-0.3, -0.25) is 4.79 Å². The van der Waals surface area contributed by atoms with Crippen molar-refractivity contribution in [1.29, 1.82) is 5.26 Å². The predicted octanol–water partition coefficient (Wildman–Crippen LogP) is 2.51. The molecule has 0 spiro atoms. The maximum absolute atomic E-state index is 12.2. The van der Waals surface area contributed by atoms with E-state index < -0.39 is 5.91 Å². The third-order valence-electron chi connectivity index (χ3n) is 3.68. The molecule has 0 saturated carbocycles. The molecule has 1 N–H and O–H groups in total. The fourth-order valence-corrected chi connectivity index (χ4v) is 2.99. The van der Waals surface area contributed by atoms with Gasteiger partial charge in [0.2, 0.25) is 0 Å². The number of hydrogen-bond donors (Lipinski definition) is 1. The highest BCUT2D eigenvalue weighted by molar-refractivity contribution is 14.1. The van der Waals surface area contributed by atoms with E-state index in [1.807, 2.05) is 6.07 Å². The zero-order chi connectivity index (χ0) is 17.5. The number of carbonyl (C=O) groups excluding carboxylic acids is 1. The molecule has 0 radical (unpaired) electrons. The number of carbonyl (C=O) groups is 1. The molecule has 128 valence electrons. The molecule has 1 heterocycles. The quantitative estimate of drug-likeness (QED) is 0.416. The van der Waals surface area contributed by atoms with Gasteiger partial charge in [0.25, 0.3) is 5.91 Å². The Hall–Kier alpha value is -1.79. The van der Waals surface area contributed by atoms with E-state index in [9.17, 15) is 10.1 Å². The van der Waals surface area contributed by atoms with Crippen LogP contribution in [-0.4, -0.2) is 39.4 Å². The summed E-state index contributed by atoms with van der Waals surface area (Å²) in [5.74, 6) is 0.736. The van der Waals surface area contributed by atoms with Gasteiger partial charge >= 0.3 is 0 Å². The van der Waals surface area contributed by atoms with Crippen LogP contribution in [0.3, 0.4) is 0 Å². The second kappa shape index (κ2) is 8.89. The lowest BCUT2D eigenvalue weighted by molar-refractivity contribution is -0.117. The molecule has 1 aromatic rings. The Labute approximate surface area is 154 Å². The van der Waals surface area contributed by atoms with Crippen molar-refractivity contribution in [3.8, 4) is 17.6 Å². The molecule has 6 nitrogen and oxygen atoms in total. The molecule has 1 atom stereocenters. The van der Waals surface area contributed by atoms with Crippen molar-refractivity contribution in [3.05, 3.63) is 26.8 Å². The first-order valence-corrected chi connectivity index (χ1v) is 8.60. The molecule has 2 rings (SSSR count). The SMILES string of the molecule is COc1cc(I)c(/C=C(\C#N)C(=O)NC[C@@H]2CCCO2)cc1OC. The van der Waals surface area contributed by atoms with Gasteiger partial charge in [0, 0.05) is 16.7 Å². The smallest absolute Gasteiger partial charge is 0.262 e. The zero-order valence-electron chi connectivity index (χ0n) is 13.6. The minimum Gasteiger partial charge on any atom is -0.493 e.